The molecule has 0 saturated carbocycles. The summed E-state index contributed by atoms with van der Waals surface area (Å²) in [4.78, 5) is 20.9. The van der Waals surface area contributed by atoms with Gasteiger partial charge in [0, 0.05) is 51.6 Å². The van der Waals surface area contributed by atoms with E-state index in [9.17, 15) is 4.79 Å². The highest BCUT2D eigenvalue weighted by Crippen LogP contribution is 2.39. The predicted molar refractivity (Wildman–Crippen MR) is 158 cm³/mol. The summed E-state index contributed by atoms with van der Waals surface area (Å²) in [6.07, 6.45) is 3.25. The summed E-state index contributed by atoms with van der Waals surface area (Å²) in [5, 5.41) is 7.50. The van der Waals surface area contributed by atoms with Gasteiger partial charge in [0.2, 0.25) is 5.75 Å². The molecule has 0 radical (unpaired) electrons. The second kappa shape index (κ2) is 12.4. The van der Waals surface area contributed by atoms with Gasteiger partial charge >= 0.3 is 6.09 Å². The Morgan fingerprint density at radius 2 is 1.71 bits per heavy atom. The molecule has 1 aliphatic heterocycles. The van der Waals surface area contributed by atoms with Crippen LogP contribution in [0.4, 0.5) is 10.6 Å². The normalized spacial score (nSPS) is 14.0. The van der Waals surface area contributed by atoms with Crippen LogP contribution in [0.25, 0.3) is 11.4 Å². The van der Waals surface area contributed by atoms with E-state index in [1.165, 1.54) is 0 Å². The molecule has 0 bridgehead atoms. The Morgan fingerprint density at radius 3 is 2.27 bits per heavy atom. The number of ether oxygens (including phenoxy) is 4. The van der Waals surface area contributed by atoms with Gasteiger partial charge < -0.3 is 33.7 Å². The molecule has 0 aliphatic carbocycles. The molecule has 12 nitrogen and oxygen atoms in total. The maximum absolute atomic E-state index is 12.4. The van der Waals surface area contributed by atoms with E-state index in [-0.39, 0.29) is 6.09 Å². The number of hydrogen-bond donors (Lipinski definition) is 1. The lowest BCUT2D eigenvalue weighted by Gasteiger charge is -2.35. The predicted octanol–water partition coefficient (Wildman–Crippen LogP) is 4.30. The molecule has 1 saturated heterocycles. The third-order valence-electron chi connectivity index (χ3n) is 6.60. The first kappa shape index (κ1) is 29.5. The molecule has 12 heteroatoms. The Bertz CT molecular complexity index is 1370. The van der Waals surface area contributed by atoms with E-state index in [1.54, 1.807) is 37.2 Å². The molecule has 4 rings (SSSR count). The van der Waals surface area contributed by atoms with Gasteiger partial charge in [-0.25, -0.2) is 14.5 Å². The number of nitrogens with zero attached hydrogens (tertiary/aromatic N) is 6. The zero-order valence-corrected chi connectivity index (χ0v) is 24.6. The van der Waals surface area contributed by atoms with Crippen molar-refractivity contribution in [1.29, 1.82) is 0 Å². The third kappa shape index (κ3) is 6.83. The molecule has 2 aromatic heterocycles. The van der Waals surface area contributed by atoms with Gasteiger partial charge in [-0.3, -0.25) is 4.90 Å². The molecule has 41 heavy (non-hydrogen) atoms. The Morgan fingerprint density at radius 1 is 1.05 bits per heavy atom. The van der Waals surface area contributed by atoms with Crippen LogP contribution in [0.1, 0.15) is 32.2 Å². The highest BCUT2D eigenvalue weighted by molar-refractivity contribution is 5.72. The fourth-order valence-electron chi connectivity index (χ4n) is 4.59. The maximum atomic E-state index is 12.4. The number of rotatable bonds is 10. The van der Waals surface area contributed by atoms with Gasteiger partial charge in [-0.2, -0.15) is 5.10 Å². The number of hydrogen-bond acceptors (Lipinski definition) is 9. The molecule has 220 valence electrons. The first-order chi connectivity index (χ1) is 19.6. The lowest BCUT2D eigenvalue weighted by Crippen LogP contribution is -2.49. The van der Waals surface area contributed by atoms with Crippen LogP contribution in [-0.2, 0) is 11.3 Å². The van der Waals surface area contributed by atoms with Crippen molar-refractivity contribution in [2.24, 2.45) is 5.10 Å². The van der Waals surface area contributed by atoms with Crippen molar-refractivity contribution in [1.82, 2.24) is 24.0 Å². The Balaban J connectivity index is 1.41. The Kier molecular flexibility index (Phi) is 8.92. The summed E-state index contributed by atoms with van der Waals surface area (Å²) in [5.41, 5.74) is 2.63. The summed E-state index contributed by atoms with van der Waals surface area (Å²) in [6, 6.07) is 7.64. The van der Waals surface area contributed by atoms with Gasteiger partial charge in [-0.15, -0.1) is 0 Å². The lowest BCUT2D eigenvalue weighted by molar-refractivity contribution is 0.0137. The second-order valence-electron chi connectivity index (χ2n) is 10.6. The van der Waals surface area contributed by atoms with Crippen LogP contribution in [0.3, 0.4) is 0 Å². The van der Waals surface area contributed by atoms with E-state index in [2.05, 4.69) is 33.6 Å². The summed E-state index contributed by atoms with van der Waals surface area (Å²) >= 11 is 0. The van der Waals surface area contributed by atoms with Crippen molar-refractivity contribution < 1.29 is 23.7 Å². The first-order valence-corrected chi connectivity index (χ1v) is 13.3. The number of aromatic nitrogens is 3. The van der Waals surface area contributed by atoms with Gasteiger partial charge in [0.1, 0.15) is 17.7 Å². The molecule has 1 aliphatic rings. The third-order valence-corrected chi connectivity index (χ3v) is 6.60. The van der Waals surface area contributed by atoms with Crippen molar-refractivity contribution in [2.75, 3.05) is 52.8 Å². The summed E-state index contributed by atoms with van der Waals surface area (Å²) in [6.45, 7) is 16.9. The smallest absolute Gasteiger partial charge is 0.410 e. The quantitative estimate of drug-likeness (QED) is 0.363. The number of piperazine rings is 1. The van der Waals surface area contributed by atoms with E-state index >= 15 is 0 Å². The number of anilines is 1. The number of carbonyl (C=O) groups excluding carboxylic acids is 1. The van der Waals surface area contributed by atoms with Gasteiger partial charge in [0.15, 0.2) is 11.5 Å². The highest BCUT2D eigenvalue weighted by atomic mass is 16.6. The molecular formula is C29H39N7O5. The zero-order chi connectivity index (χ0) is 29.7. The van der Waals surface area contributed by atoms with Gasteiger partial charge in [-0.1, -0.05) is 6.58 Å². The molecule has 3 aromatic rings. The fourth-order valence-corrected chi connectivity index (χ4v) is 4.59. The molecule has 1 fully saturated rings. The molecule has 0 spiro atoms. The summed E-state index contributed by atoms with van der Waals surface area (Å²) < 4.78 is 25.5. The number of benzene rings is 1. The molecule has 0 unspecified atom stereocenters. The zero-order valence-electron chi connectivity index (χ0n) is 24.6. The van der Waals surface area contributed by atoms with Crippen molar-refractivity contribution in [2.45, 2.75) is 32.9 Å². The standard InChI is InChI=1S/C29H39N7O5/c1-20(32-26-18-35(19-31-26)22-15-24(38-6)27(40-8)25(16-22)39-7)23-10-9-21(36(23)30-5)17-33-11-13-34(14-12-33)28(37)41-29(2,3)4/h9-10,15-16,18-19,32H,1,5,11-14,17H2,2-4,6-8H3. The van der Waals surface area contributed by atoms with E-state index in [1.807, 2.05) is 55.8 Å². The van der Waals surface area contributed by atoms with Crippen molar-refractivity contribution in [3.8, 4) is 22.9 Å². The van der Waals surface area contributed by atoms with Crippen LogP contribution in [0.2, 0.25) is 0 Å². The van der Waals surface area contributed by atoms with Crippen LogP contribution < -0.4 is 19.5 Å². The largest absolute Gasteiger partial charge is 0.493 e. The van der Waals surface area contributed by atoms with E-state index in [0.29, 0.717) is 48.4 Å². The molecular weight excluding hydrogens is 526 g/mol. The number of carbonyl (C=O) groups is 1. The van der Waals surface area contributed by atoms with E-state index in [0.717, 1.165) is 30.2 Å². The highest BCUT2D eigenvalue weighted by Gasteiger charge is 2.26. The molecule has 1 N–H and O–H groups in total. The van der Waals surface area contributed by atoms with Crippen molar-refractivity contribution in [3.63, 3.8) is 0 Å². The van der Waals surface area contributed by atoms with Crippen molar-refractivity contribution >= 4 is 24.3 Å². The first-order valence-electron chi connectivity index (χ1n) is 13.3. The topological polar surface area (TPSA) is 108 Å². The van der Waals surface area contributed by atoms with Crippen LogP contribution in [0.5, 0.6) is 17.2 Å². The second-order valence-corrected chi connectivity index (χ2v) is 10.6. The monoisotopic (exact) mass is 565 g/mol. The Hall–Kier alpha value is -4.45. The lowest BCUT2D eigenvalue weighted by atomic mass is 10.2. The number of imidazole rings is 1. The van der Waals surface area contributed by atoms with E-state index in [4.69, 9.17) is 18.9 Å². The average Bonchev–Trinajstić information content (AvgIpc) is 3.58. The van der Waals surface area contributed by atoms with Crippen LogP contribution >= 0.6 is 0 Å². The molecule has 1 aromatic carbocycles. The molecule has 3 heterocycles. The Labute approximate surface area is 240 Å². The van der Waals surface area contributed by atoms with Gasteiger partial charge in [-0.05, 0) is 32.9 Å². The SMILES string of the molecule is C=Nn1c(CN2CCN(C(=O)OC(C)(C)C)CC2)ccc1C(=C)Nc1cn(-c2cc(OC)c(OC)c(OC)c2)cn1. The van der Waals surface area contributed by atoms with Crippen molar-refractivity contribution in [3.05, 3.63) is 54.8 Å². The van der Waals surface area contributed by atoms with Crippen LogP contribution in [0.15, 0.2) is 48.5 Å². The minimum absolute atomic E-state index is 0.273. The van der Waals surface area contributed by atoms with Crippen LogP contribution in [0, 0.1) is 0 Å². The van der Waals surface area contributed by atoms with Gasteiger partial charge in [0.25, 0.3) is 0 Å². The van der Waals surface area contributed by atoms with Gasteiger partial charge in [0.05, 0.1) is 50.3 Å². The minimum atomic E-state index is -0.508. The number of nitrogens with one attached hydrogen (secondary N) is 1. The molecule has 1 amide bonds. The maximum Gasteiger partial charge on any atom is 0.410 e. The molecule has 0 atom stereocenters. The summed E-state index contributed by atoms with van der Waals surface area (Å²) in [7, 11) is 4.72. The summed E-state index contributed by atoms with van der Waals surface area (Å²) in [5.74, 6) is 2.20. The minimum Gasteiger partial charge on any atom is -0.493 e. The number of amides is 1. The fraction of sp³-hybridized carbons (Fsp3) is 0.414. The van der Waals surface area contributed by atoms with Crippen LogP contribution in [-0.4, -0.2) is 89.9 Å². The average molecular weight is 566 g/mol. The number of methoxy groups -OCH3 is 3. The van der Waals surface area contributed by atoms with E-state index < -0.39 is 5.60 Å².